The fraction of sp³-hybridized carbons (Fsp3) is 0.348. The van der Waals surface area contributed by atoms with E-state index >= 15 is 0 Å². The monoisotopic (exact) mass is 469 g/mol. The molecule has 0 atom stereocenters. The minimum absolute atomic E-state index is 0.338. The van der Waals surface area contributed by atoms with Crippen molar-refractivity contribution in [3.8, 4) is 0 Å². The van der Waals surface area contributed by atoms with Gasteiger partial charge in [0, 0.05) is 49.9 Å². The standard InChI is InChI=1S/C23H25ClFN7O/c1-15-21(9-16-3-4-18(24)11-20(16)25)32-23(27-15)17(13-31-5-7-33-8-6-31)10-22(29-32)28-19-12-26-30(2)14-19/h3-4,10-12,14H,5-9,13H2,1-2H3,(H,28,29). The van der Waals surface area contributed by atoms with Crippen molar-refractivity contribution in [1.29, 1.82) is 0 Å². The fourth-order valence-corrected chi connectivity index (χ4v) is 4.25. The summed E-state index contributed by atoms with van der Waals surface area (Å²) in [4.78, 5) is 7.17. The number of fused-ring (bicyclic) bond motifs is 1. The van der Waals surface area contributed by atoms with Crippen LogP contribution in [0.5, 0.6) is 0 Å². The Hall–Kier alpha value is -3.01. The molecule has 3 aromatic heterocycles. The van der Waals surface area contributed by atoms with Crippen molar-refractivity contribution >= 4 is 28.8 Å². The van der Waals surface area contributed by atoms with E-state index in [1.165, 1.54) is 6.07 Å². The van der Waals surface area contributed by atoms with E-state index in [1.807, 2.05) is 30.8 Å². The molecular formula is C23H25ClFN7O. The van der Waals surface area contributed by atoms with Crippen LogP contribution in [0.3, 0.4) is 0 Å². The maximum Gasteiger partial charge on any atom is 0.158 e. The number of morpholine rings is 1. The number of anilines is 2. The van der Waals surface area contributed by atoms with E-state index in [4.69, 9.17) is 26.4 Å². The highest BCUT2D eigenvalue weighted by Gasteiger charge is 2.20. The minimum Gasteiger partial charge on any atom is -0.379 e. The molecular weight excluding hydrogens is 445 g/mol. The molecule has 172 valence electrons. The maximum atomic E-state index is 14.6. The number of hydrogen-bond acceptors (Lipinski definition) is 6. The van der Waals surface area contributed by atoms with E-state index in [0.717, 1.165) is 61.1 Å². The van der Waals surface area contributed by atoms with Gasteiger partial charge in [0.05, 0.1) is 36.5 Å². The van der Waals surface area contributed by atoms with Crippen molar-refractivity contribution in [3.63, 3.8) is 0 Å². The zero-order valence-corrected chi connectivity index (χ0v) is 19.3. The molecule has 1 saturated heterocycles. The molecule has 33 heavy (non-hydrogen) atoms. The first-order valence-electron chi connectivity index (χ1n) is 10.8. The zero-order valence-electron chi connectivity index (χ0n) is 18.6. The van der Waals surface area contributed by atoms with Crippen molar-refractivity contribution in [2.45, 2.75) is 19.9 Å². The molecule has 0 saturated carbocycles. The molecule has 1 aliphatic heterocycles. The molecule has 0 bridgehead atoms. The topological polar surface area (TPSA) is 72.5 Å². The van der Waals surface area contributed by atoms with Gasteiger partial charge in [-0.1, -0.05) is 17.7 Å². The predicted octanol–water partition coefficient (Wildman–Crippen LogP) is 3.73. The summed E-state index contributed by atoms with van der Waals surface area (Å²) in [6, 6.07) is 6.77. The van der Waals surface area contributed by atoms with Crippen molar-refractivity contribution in [2.75, 3.05) is 31.6 Å². The summed E-state index contributed by atoms with van der Waals surface area (Å²) < 4.78 is 23.6. The molecule has 0 unspecified atom stereocenters. The number of imidazole rings is 1. The molecule has 8 nitrogen and oxygen atoms in total. The van der Waals surface area contributed by atoms with E-state index in [-0.39, 0.29) is 5.82 Å². The lowest BCUT2D eigenvalue weighted by Crippen LogP contribution is -2.35. The van der Waals surface area contributed by atoms with Crippen LogP contribution >= 0.6 is 11.6 Å². The molecule has 10 heteroatoms. The van der Waals surface area contributed by atoms with Crippen LogP contribution in [0.4, 0.5) is 15.9 Å². The van der Waals surface area contributed by atoms with Gasteiger partial charge in [0.1, 0.15) is 5.82 Å². The molecule has 1 aliphatic rings. The van der Waals surface area contributed by atoms with E-state index in [2.05, 4.69) is 15.3 Å². The van der Waals surface area contributed by atoms with Gasteiger partial charge >= 0.3 is 0 Å². The Bertz CT molecular complexity index is 1300. The fourth-order valence-electron chi connectivity index (χ4n) is 4.09. The molecule has 4 aromatic rings. The number of ether oxygens (including phenoxy) is 1. The number of aromatic nitrogens is 5. The average Bonchev–Trinajstić information content (AvgIpc) is 3.33. The Morgan fingerprint density at radius 3 is 2.73 bits per heavy atom. The molecule has 4 heterocycles. The highest BCUT2D eigenvalue weighted by atomic mass is 35.5. The zero-order chi connectivity index (χ0) is 22.9. The SMILES string of the molecule is Cc1nc2c(CN3CCOCC3)cc(Nc3cnn(C)c3)nn2c1Cc1ccc(Cl)cc1F. The summed E-state index contributed by atoms with van der Waals surface area (Å²) in [6.07, 6.45) is 3.99. The maximum absolute atomic E-state index is 14.6. The van der Waals surface area contributed by atoms with Crippen LogP contribution in [0.15, 0.2) is 36.7 Å². The van der Waals surface area contributed by atoms with Gasteiger partial charge in [0.15, 0.2) is 11.5 Å². The second kappa shape index (κ2) is 9.09. The Labute approximate surface area is 195 Å². The molecule has 0 amide bonds. The summed E-state index contributed by atoms with van der Waals surface area (Å²) in [7, 11) is 1.86. The van der Waals surface area contributed by atoms with Gasteiger partial charge in [-0.05, 0) is 30.7 Å². The van der Waals surface area contributed by atoms with Gasteiger partial charge < -0.3 is 10.1 Å². The number of aryl methyl sites for hydroxylation is 2. The Balaban J connectivity index is 1.57. The van der Waals surface area contributed by atoms with Crippen LogP contribution in [0.1, 0.15) is 22.5 Å². The first-order chi connectivity index (χ1) is 16.0. The number of halogens is 2. The first-order valence-corrected chi connectivity index (χ1v) is 11.2. The lowest BCUT2D eigenvalue weighted by molar-refractivity contribution is 0.0343. The summed E-state index contributed by atoms with van der Waals surface area (Å²) in [6.45, 7) is 5.82. The average molecular weight is 470 g/mol. The van der Waals surface area contributed by atoms with Gasteiger partial charge in [-0.25, -0.2) is 13.9 Å². The van der Waals surface area contributed by atoms with Gasteiger partial charge in [-0.3, -0.25) is 9.58 Å². The largest absolute Gasteiger partial charge is 0.379 e. The van der Waals surface area contributed by atoms with Crippen LogP contribution in [0.25, 0.3) is 5.65 Å². The lowest BCUT2D eigenvalue weighted by atomic mass is 10.1. The summed E-state index contributed by atoms with van der Waals surface area (Å²) >= 11 is 5.94. The van der Waals surface area contributed by atoms with E-state index in [9.17, 15) is 4.39 Å². The lowest BCUT2D eigenvalue weighted by Gasteiger charge is -2.26. The van der Waals surface area contributed by atoms with E-state index in [1.54, 1.807) is 23.0 Å². The number of benzene rings is 1. The number of hydrogen-bond donors (Lipinski definition) is 1. The normalized spacial score (nSPS) is 14.8. The van der Waals surface area contributed by atoms with E-state index in [0.29, 0.717) is 22.8 Å². The smallest absolute Gasteiger partial charge is 0.158 e. The molecule has 1 N–H and O–H groups in total. The number of nitrogens with one attached hydrogen (secondary N) is 1. The molecule has 0 radical (unpaired) electrons. The molecule has 5 rings (SSSR count). The summed E-state index contributed by atoms with van der Waals surface area (Å²) in [5.74, 6) is 0.337. The Morgan fingerprint density at radius 2 is 2.00 bits per heavy atom. The van der Waals surface area contributed by atoms with Crippen molar-refractivity contribution < 1.29 is 9.13 Å². The van der Waals surface area contributed by atoms with Crippen LogP contribution in [-0.4, -0.2) is 55.6 Å². The van der Waals surface area contributed by atoms with Crippen molar-refractivity contribution in [3.05, 3.63) is 70.0 Å². The Morgan fingerprint density at radius 1 is 1.18 bits per heavy atom. The van der Waals surface area contributed by atoms with Crippen LogP contribution in [0.2, 0.25) is 5.02 Å². The van der Waals surface area contributed by atoms with Crippen molar-refractivity contribution in [2.24, 2.45) is 7.05 Å². The van der Waals surface area contributed by atoms with Crippen LogP contribution in [-0.2, 0) is 24.8 Å². The first kappa shape index (κ1) is 21.8. The molecule has 0 aliphatic carbocycles. The van der Waals surface area contributed by atoms with Crippen LogP contribution < -0.4 is 5.32 Å². The van der Waals surface area contributed by atoms with Gasteiger partial charge in [0.25, 0.3) is 0 Å². The van der Waals surface area contributed by atoms with Crippen molar-refractivity contribution in [1.82, 2.24) is 29.3 Å². The molecule has 1 fully saturated rings. The Kier molecular flexibility index (Phi) is 6.01. The van der Waals surface area contributed by atoms with Gasteiger partial charge in [0.2, 0.25) is 0 Å². The van der Waals surface area contributed by atoms with E-state index < -0.39 is 0 Å². The summed E-state index contributed by atoms with van der Waals surface area (Å²) in [5, 5.41) is 12.7. The quantitative estimate of drug-likeness (QED) is 0.464. The highest BCUT2D eigenvalue weighted by Crippen LogP contribution is 2.25. The second-order valence-electron chi connectivity index (χ2n) is 8.26. The second-order valence-corrected chi connectivity index (χ2v) is 8.70. The highest BCUT2D eigenvalue weighted by molar-refractivity contribution is 6.30. The minimum atomic E-state index is -0.338. The molecule has 0 spiro atoms. The van der Waals surface area contributed by atoms with Gasteiger partial charge in [-0.15, -0.1) is 5.10 Å². The third-order valence-corrected chi connectivity index (χ3v) is 6.04. The molecule has 1 aromatic carbocycles. The number of nitrogens with zero attached hydrogens (tertiary/aromatic N) is 6. The third-order valence-electron chi connectivity index (χ3n) is 5.80. The third kappa shape index (κ3) is 4.71. The van der Waals surface area contributed by atoms with Gasteiger partial charge in [-0.2, -0.15) is 5.10 Å². The number of rotatable bonds is 6. The predicted molar refractivity (Wildman–Crippen MR) is 125 cm³/mol. The van der Waals surface area contributed by atoms with Crippen LogP contribution in [0, 0.1) is 12.7 Å². The summed E-state index contributed by atoms with van der Waals surface area (Å²) in [5.41, 5.74) is 4.86.